The summed E-state index contributed by atoms with van der Waals surface area (Å²) in [5, 5.41) is 0.815. The zero-order valence-electron chi connectivity index (χ0n) is 7.38. The van der Waals surface area contributed by atoms with Crippen LogP contribution in [-0.4, -0.2) is 11.0 Å². The van der Waals surface area contributed by atoms with Crippen LogP contribution in [0.15, 0.2) is 16.5 Å². The number of thioether (sulfide) groups is 1. The van der Waals surface area contributed by atoms with Crippen LogP contribution in [-0.2, 0) is 6.42 Å². The van der Waals surface area contributed by atoms with Crippen molar-refractivity contribution in [1.29, 1.82) is 0 Å². The molecule has 1 saturated heterocycles. The second-order valence-corrected chi connectivity index (χ2v) is 4.76. The molecule has 1 atom stereocenters. The minimum Gasteiger partial charge on any atom is -0.466 e. The second kappa shape index (κ2) is 3.56. The fourth-order valence-corrected chi connectivity index (χ4v) is 2.91. The van der Waals surface area contributed by atoms with Gasteiger partial charge in [-0.1, -0.05) is 0 Å². The van der Waals surface area contributed by atoms with Crippen molar-refractivity contribution in [3.8, 4) is 0 Å². The van der Waals surface area contributed by atoms with Crippen LogP contribution in [0, 0.1) is 6.92 Å². The summed E-state index contributed by atoms with van der Waals surface area (Å²) in [7, 11) is 0. The first-order valence-electron chi connectivity index (χ1n) is 4.51. The van der Waals surface area contributed by atoms with Crippen molar-refractivity contribution >= 4 is 11.8 Å². The van der Waals surface area contributed by atoms with E-state index in [1.54, 1.807) is 0 Å². The average Bonchev–Trinajstić information content (AvgIpc) is 2.63. The number of hydrogen-bond donors (Lipinski definition) is 0. The van der Waals surface area contributed by atoms with Crippen LogP contribution in [0.25, 0.3) is 0 Å². The third-order valence-corrected chi connectivity index (χ3v) is 3.65. The molecular formula is C10H14OS. The van der Waals surface area contributed by atoms with Gasteiger partial charge in [-0.15, -0.1) is 0 Å². The summed E-state index contributed by atoms with van der Waals surface area (Å²) >= 11 is 2.09. The Balaban J connectivity index is 1.94. The Bertz CT molecular complexity index is 248. The molecule has 2 heteroatoms. The molecule has 0 bridgehead atoms. The minimum absolute atomic E-state index is 0.815. The molecule has 1 unspecified atom stereocenters. The van der Waals surface area contributed by atoms with Crippen molar-refractivity contribution in [1.82, 2.24) is 0 Å². The fourth-order valence-electron chi connectivity index (χ4n) is 1.62. The van der Waals surface area contributed by atoms with E-state index in [0.717, 1.165) is 23.2 Å². The van der Waals surface area contributed by atoms with Crippen molar-refractivity contribution in [3.05, 3.63) is 23.7 Å². The third kappa shape index (κ3) is 1.86. The highest BCUT2D eigenvalue weighted by Crippen LogP contribution is 2.29. The summed E-state index contributed by atoms with van der Waals surface area (Å²) in [6.45, 7) is 2.01. The van der Waals surface area contributed by atoms with Gasteiger partial charge in [-0.2, -0.15) is 11.8 Å². The molecule has 1 aromatic rings. The molecule has 0 saturated carbocycles. The van der Waals surface area contributed by atoms with Gasteiger partial charge in [-0.3, -0.25) is 0 Å². The Hall–Kier alpha value is -0.370. The molecule has 0 aromatic carbocycles. The molecule has 1 aromatic heterocycles. The van der Waals surface area contributed by atoms with E-state index in [1.165, 1.54) is 18.6 Å². The van der Waals surface area contributed by atoms with E-state index >= 15 is 0 Å². The number of furan rings is 1. The van der Waals surface area contributed by atoms with E-state index in [4.69, 9.17) is 4.42 Å². The van der Waals surface area contributed by atoms with E-state index < -0.39 is 0 Å². The van der Waals surface area contributed by atoms with E-state index in [0.29, 0.717) is 0 Å². The van der Waals surface area contributed by atoms with Crippen molar-refractivity contribution < 1.29 is 4.42 Å². The maximum absolute atomic E-state index is 5.53. The maximum Gasteiger partial charge on any atom is 0.105 e. The van der Waals surface area contributed by atoms with Crippen LogP contribution in [0.5, 0.6) is 0 Å². The number of rotatable bonds is 2. The molecule has 2 heterocycles. The summed E-state index contributed by atoms with van der Waals surface area (Å²) in [4.78, 5) is 0. The quantitative estimate of drug-likeness (QED) is 0.697. The van der Waals surface area contributed by atoms with Gasteiger partial charge in [0.25, 0.3) is 0 Å². The molecule has 1 fully saturated rings. The molecule has 0 N–H and O–H groups in total. The van der Waals surface area contributed by atoms with E-state index in [9.17, 15) is 0 Å². The van der Waals surface area contributed by atoms with Crippen LogP contribution in [0.3, 0.4) is 0 Å². The van der Waals surface area contributed by atoms with Crippen LogP contribution in [0.2, 0.25) is 0 Å². The van der Waals surface area contributed by atoms with E-state index in [1.807, 2.05) is 6.92 Å². The summed E-state index contributed by atoms with van der Waals surface area (Å²) in [6, 6.07) is 4.16. The smallest absolute Gasteiger partial charge is 0.105 e. The van der Waals surface area contributed by atoms with Gasteiger partial charge in [-0.25, -0.2) is 0 Å². The predicted molar refractivity (Wildman–Crippen MR) is 52.6 cm³/mol. The number of hydrogen-bond acceptors (Lipinski definition) is 2. The van der Waals surface area contributed by atoms with E-state index in [2.05, 4.69) is 23.9 Å². The lowest BCUT2D eigenvalue weighted by Crippen LogP contribution is -1.99. The molecule has 0 aliphatic carbocycles. The van der Waals surface area contributed by atoms with Crippen LogP contribution in [0.4, 0.5) is 0 Å². The summed E-state index contributed by atoms with van der Waals surface area (Å²) in [6.07, 6.45) is 3.87. The predicted octanol–water partition coefficient (Wildman–Crippen LogP) is 3.03. The van der Waals surface area contributed by atoms with Gasteiger partial charge in [0.2, 0.25) is 0 Å². The average molecular weight is 182 g/mol. The zero-order chi connectivity index (χ0) is 8.39. The monoisotopic (exact) mass is 182 g/mol. The van der Waals surface area contributed by atoms with Gasteiger partial charge in [0.15, 0.2) is 0 Å². The van der Waals surface area contributed by atoms with Crippen molar-refractivity contribution in [2.24, 2.45) is 0 Å². The van der Waals surface area contributed by atoms with Gasteiger partial charge < -0.3 is 4.42 Å². The Morgan fingerprint density at radius 1 is 1.58 bits per heavy atom. The summed E-state index contributed by atoms with van der Waals surface area (Å²) < 4.78 is 5.53. The summed E-state index contributed by atoms with van der Waals surface area (Å²) in [5.41, 5.74) is 0. The fraction of sp³-hybridized carbons (Fsp3) is 0.600. The zero-order valence-corrected chi connectivity index (χ0v) is 8.19. The highest BCUT2D eigenvalue weighted by Gasteiger charge is 2.17. The lowest BCUT2D eigenvalue weighted by Gasteiger charge is -2.04. The minimum atomic E-state index is 0.815. The molecule has 66 valence electrons. The second-order valence-electron chi connectivity index (χ2n) is 3.35. The van der Waals surface area contributed by atoms with Gasteiger partial charge >= 0.3 is 0 Å². The van der Waals surface area contributed by atoms with E-state index in [-0.39, 0.29) is 0 Å². The molecular weight excluding hydrogens is 168 g/mol. The molecule has 2 rings (SSSR count). The van der Waals surface area contributed by atoms with Gasteiger partial charge in [0.1, 0.15) is 11.5 Å². The molecule has 1 nitrogen and oxygen atoms in total. The van der Waals surface area contributed by atoms with Crippen LogP contribution >= 0.6 is 11.8 Å². The van der Waals surface area contributed by atoms with Gasteiger partial charge in [0.05, 0.1) is 0 Å². The topological polar surface area (TPSA) is 13.1 Å². The van der Waals surface area contributed by atoms with Gasteiger partial charge in [-0.05, 0) is 37.7 Å². The van der Waals surface area contributed by atoms with Crippen molar-refractivity contribution in [2.75, 3.05) is 5.75 Å². The first-order valence-corrected chi connectivity index (χ1v) is 5.56. The summed E-state index contributed by atoms with van der Waals surface area (Å²) in [5.74, 6) is 3.53. The largest absolute Gasteiger partial charge is 0.466 e. The third-order valence-electron chi connectivity index (χ3n) is 2.25. The first-order chi connectivity index (χ1) is 5.84. The molecule has 0 amide bonds. The standard InChI is InChI=1S/C10H14OS/c1-8-4-5-9(11-8)7-10-3-2-6-12-10/h4-5,10H,2-3,6-7H2,1H3. The molecule has 0 spiro atoms. The molecule has 0 radical (unpaired) electrons. The Morgan fingerprint density at radius 2 is 2.50 bits per heavy atom. The van der Waals surface area contributed by atoms with Crippen molar-refractivity contribution in [3.63, 3.8) is 0 Å². The normalized spacial score (nSPS) is 23.2. The van der Waals surface area contributed by atoms with Crippen molar-refractivity contribution in [2.45, 2.75) is 31.4 Å². The lowest BCUT2D eigenvalue weighted by atomic mass is 10.2. The SMILES string of the molecule is Cc1ccc(CC2CCCS2)o1. The van der Waals surface area contributed by atoms with Crippen LogP contribution < -0.4 is 0 Å². The highest BCUT2D eigenvalue weighted by atomic mass is 32.2. The molecule has 12 heavy (non-hydrogen) atoms. The Morgan fingerprint density at radius 3 is 3.08 bits per heavy atom. The molecule has 1 aliphatic rings. The highest BCUT2D eigenvalue weighted by molar-refractivity contribution is 8.00. The lowest BCUT2D eigenvalue weighted by molar-refractivity contribution is 0.478. The number of aryl methyl sites for hydroxylation is 1. The first kappa shape index (κ1) is 8.24. The maximum atomic E-state index is 5.53. The Labute approximate surface area is 77.5 Å². The molecule has 1 aliphatic heterocycles. The van der Waals surface area contributed by atoms with Crippen LogP contribution in [0.1, 0.15) is 24.4 Å². The Kier molecular flexibility index (Phi) is 2.45. The van der Waals surface area contributed by atoms with Gasteiger partial charge in [0, 0.05) is 11.7 Å².